The van der Waals surface area contributed by atoms with Gasteiger partial charge >= 0.3 is 16.2 Å². The smallest absolute Gasteiger partial charge is 0.303 e. The lowest BCUT2D eigenvalue weighted by Crippen LogP contribution is -2.35. The molecule has 0 amide bonds. The quantitative estimate of drug-likeness (QED) is 0.669. The van der Waals surface area contributed by atoms with Crippen molar-refractivity contribution in [2.24, 2.45) is 0 Å². The van der Waals surface area contributed by atoms with E-state index < -0.39 is 16.2 Å². The first-order valence-corrected chi connectivity index (χ1v) is 8.11. The van der Waals surface area contributed by atoms with E-state index >= 15 is 0 Å². The maximum Gasteiger partial charge on any atom is 0.303 e. The zero-order chi connectivity index (χ0) is 14.5. The normalized spacial score (nSPS) is 11.7. The Morgan fingerprint density at radius 3 is 2.79 bits per heavy atom. The molecule has 0 spiro atoms. The zero-order valence-corrected chi connectivity index (χ0v) is 12.3. The van der Waals surface area contributed by atoms with Crippen LogP contribution in [0.3, 0.4) is 0 Å². The Balaban J connectivity index is 2.53. The van der Waals surface area contributed by atoms with Gasteiger partial charge in [-0.1, -0.05) is 0 Å². The number of nitrogens with zero attached hydrogens (tertiary/aromatic N) is 1. The summed E-state index contributed by atoms with van der Waals surface area (Å²) in [6, 6.07) is -0.201. The lowest BCUT2D eigenvalue weighted by molar-refractivity contribution is -0.137. The highest BCUT2D eigenvalue weighted by Gasteiger charge is 2.13. The fourth-order valence-corrected chi connectivity index (χ4v) is 3.41. The molecular formula is C10H17N3O4S2. The van der Waals surface area contributed by atoms with Crippen molar-refractivity contribution < 1.29 is 18.3 Å². The molecule has 0 atom stereocenters. The Kier molecular flexibility index (Phi) is 5.70. The average Bonchev–Trinajstić information content (AvgIpc) is 2.61. The standard InChI is InChI=1S/C10H17N3O4S2/c1-7(2)12-19(16,17)13-10-11-8(6-18-10)4-3-5-9(14)15/h6-7,12H,3-5H2,1-2H3,(H,11,13)(H,14,15). The third-order valence-corrected chi connectivity index (χ3v) is 4.17. The molecule has 0 aliphatic rings. The number of carboxylic acid groups (broad SMARTS) is 1. The second kappa shape index (κ2) is 6.83. The largest absolute Gasteiger partial charge is 0.481 e. The minimum atomic E-state index is -3.60. The molecule has 0 unspecified atom stereocenters. The SMILES string of the molecule is CC(C)NS(=O)(=O)Nc1nc(CCCC(=O)O)cs1. The van der Waals surface area contributed by atoms with Gasteiger partial charge in [0.2, 0.25) is 0 Å². The zero-order valence-electron chi connectivity index (χ0n) is 10.7. The van der Waals surface area contributed by atoms with Crippen LogP contribution in [0.5, 0.6) is 0 Å². The van der Waals surface area contributed by atoms with Gasteiger partial charge in [-0.3, -0.25) is 4.79 Å². The van der Waals surface area contributed by atoms with Crippen LogP contribution in [-0.2, 0) is 21.4 Å². The van der Waals surface area contributed by atoms with Gasteiger partial charge in [0.15, 0.2) is 5.13 Å². The van der Waals surface area contributed by atoms with Gasteiger partial charge in [0.1, 0.15) is 0 Å². The minimum absolute atomic E-state index is 0.0769. The highest BCUT2D eigenvalue weighted by atomic mass is 32.2. The second-order valence-electron chi connectivity index (χ2n) is 4.27. The highest BCUT2D eigenvalue weighted by molar-refractivity contribution is 7.91. The van der Waals surface area contributed by atoms with E-state index in [1.165, 1.54) is 11.3 Å². The van der Waals surface area contributed by atoms with Crippen LogP contribution in [0, 0.1) is 0 Å². The summed E-state index contributed by atoms with van der Waals surface area (Å²) >= 11 is 1.17. The van der Waals surface area contributed by atoms with Crippen LogP contribution in [0.2, 0.25) is 0 Å². The van der Waals surface area contributed by atoms with E-state index in [9.17, 15) is 13.2 Å². The number of nitrogens with one attached hydrogen (secondary N) is 2. The third kappa shape index (κ3) is 6.50. The van der Waals surface area contributed by atoms with Gasteiger partial charge in [0.25, 0.3) is 0 Å². The van der Waals surface area contributed by atoms with E-state index in [0.29, 0.717) is 18.5 Å². The number of aryl methyl sites for hydroxylation is 1. The number of rotatable bonds is 8. The molecule has 0 bridgehead atoms. The van der Waals surface area contributed by atoms with Crippen molar-refractivity contribution in [3.05, 3.63) is 11.1 Å². The van der Waals surface area contributed by atoms with E-state index in [1.54, 1.807) is 19.2 Å². The number of carboxylic acids is 1. The molecule has 0 aliphatic carbocycles. The van der Waals surface area contributed by atoms with Crippen molar-refractivity contribution >= 4 is 32.6 Å². The van der Waals surface area contributed by atoms with Crippen molar-refractivity contribution in [1.29, 1.82) is 0 Å². The van der Waals surface area contributed by atoms with Gasteiger partial charge in [0, 0.05) is 17.8 Å². The second-order valence-corrected chi connectivity index (χ2v) is 6.57. The fourth-order valence-electron chi connectivity index (χ4n) is 1.34. The summed E-state index contributed by atoms with van der Waals surface area (Å²) in [5.41, 5.74) is 0.688. The predicted octanol–water partition coefficient (Wildman–Crippen LogP) is 1.21. The lowest BCUT2D eigenvalue weighted by atomic mass is 10.2. The molecule has 0 fully saturated rings. The molecule has 0 saturated carbocycles. The van der Waals surface area contributed by atoms with Crippen molar-refractivity contribution in [3.8, 4) is 0 Å². The van der Waals surface area contributed by atoms with Gasteiger partial charge in [0.05, 0.1) is 5.69 Å². The molecule has 1 rings (SSSR count). The van der Waals surface area contributed by atoms with Gasteiger partial charge in [-0.15, -0.1) is 11.3 Å². The first-order chi connectivity index (χ1) is 8.78. The maximum atomic E-state index is 11.6. The third-order valence-electron chi connectivity index (χ3n) is 1.99. The van der Waals surface area contributed by atoms with Gasteiger partial charge in [-0.2, -0.15) is 13.1 Å². The first-order valence-electron chi connectivity index (χ1n) is 5.75. The van der Waals surface area contributed by atoms with Crippen LogP contribution in [-0.4, -0.2) is 30.5 Å². The monoisotopic (exact) mass is 307 g/mol. The molecule has 7 nitrogen and oxygen atoms in total. The number of anilines is 1. The van der Waals surface area contributed by atoms with E-state index in [0.717, 1.165) is 0 Å². The van der Waals surface area contributed by atoms with Crippen molar-refractivity contribution in [1.82, 2.24) is 9.71 Å². The number of carbonyl (C=O) groups is 1. The molecule has 9 heteroatoms. The Morgan fingerprint density at radius 1 is 1.53 bits per heavy atom. The topological polar surface area (TPSA) is 108 Å². The summed E-state index contributed by atoms with van der Waals surface area (Å²) in [6.45, 7) is 3.44. The fraction of sp³-hybridized carbons (Fsp3) is 0.600. The summed E-state index contributed by atoms with van der Waals surface area (Å²) in [7, 11) is -3.60. The van der Waals surface area contributed by atoms with Crippen molar-refractivity contribution in [2.45, 2.75) is 39.2 Å². The number of aliphatic carboxylic acids is 1. The van der Waals surface area contributed by atoms with Gasteiger partial charge in [-0.25, -0.2) is 9.71 Å². The number of hydrogen-bond donors (Lipinski definition) is 3. The number of aromatic nitrogens is 1. The van der Waals surface area contributed by atoms with E-state index in [-0.39, 0.29) is 17.6 Å². The van der Waals surface area contributed by atoms with Crippen molar-refractivity contribution in [3.63, 3.8) is 0 Å². The van der Waals surface area contributed by atoms with Gasteiger partial charge < -0.3 is 5.11 Å². The highest BCUT2D eigenvalue weighted by Crippen LogP contribution is 2.17. The molecule has 3 N–H and O–H groups in total. The molecule has 0 radical (unpaired) electrons. The molecule has 0 saturated heterocycles. The van der Waals surface area contributed by atoms with Crippen LogP contribution >= 0.6 is 11.3 Å². The molecule has 19 heavy (non-hydrogen) atoms. The van der Waals surface area contributed by atoms with Gasteiger partial charge in [-0.05, 0) is 26.7 Å². The van der Waals surface area contributed by atoms with Crippen molar-refractivity contribution in [2.75, 3.05) is 4.72 Å². The van der Waals surface area contributed by atoms with E-state index in [4.69, 9.17) is 5.11 Å². The Bertz CT molecular complexity index is 525. The minimum Gasteiger partial charge on any atom is -0.481 e. The molecule has 1 heterocycles. The molecule has 108 valence electrons. The number of thiazole rings is 1. The summed E-state index contributed by atoms with van der Waals surface area (Å²) in [5, 5.41) is 10.5. The van der Waals surface area contributed by atoms with Crippen LogP contribution in [0.1, 0.15) is 32.4 Å². The Morgan fingerprint density at radius 2 is 2.21 bits per heavy atom. The van der Waals surface area contributed by atoms with E-state index in [1.807, 2.05) is 0 Å². The first kappa shape index (κ1) is 15.9. The Hall–Kier alpha value is -1.19. The predicted molar refractivity (Wildman–Crippen MR) is 73.5 cm³/mol. The van der Waals surface area contributed by atoms with Crippen LogP contribution in [0.15, 0.2) is 5.38 Å². The van der Waals surface area contributed by atoms with Crippen LogP contribution < -0.4 is 9.44 Å². The molecular weight excluding hydrogens is 290 g/mol. The number of hydrogen-bond acceptors (Lipinski definition) is 5. The van der Waals surface area contributed by atoms with Crippen LogP contribution in [0.4, 0.5) is 5.13 Å². The summed E-state index contributed by atoms with van der Waals surface area (Å²) in [5.74, 6) is -0.850. The lowest BCUT2D eigenvalue weighted by Gasteiger charge is -2.09. The Labute approximate surface area is 116 Å². The molecule has 1 aromatic heterocycles. The maximum absolute atomic E-state index is 11.6. The summed E-state index contributed by atoms with van der Waals surface area (Å²) < 4.78 is 27.9. The molecule has 0 aliphatic heterocycles. The summed E-state index contributed by atoms with van der Waals surface area (Å²) in [4.78, 5) is 14.5. The average molecular weight is 307 g/mol. The molecule has 1 aromatic rings. The summed E-state index contributed by atoms with van der Waals surface area (Å²) in [6.07, 6.45) is 1.07. The molecule has 0 aromatic carbocycles. The van der Waals surface area contributed by atoms with E-state index in [2.05, 4.69) is 14.4 Å². The van der Waals surface area contributed by atoms with Crippen LogP contribution in [0.25, 0.3) is 0 Å².